The Bertz CT molecular complexity index is 725. The summed E-state index contributed by atoms with van der Waals surface area (Å²) in [7, 11) is 0. The number of benzene rings is 2. The first-order valence-corrected chi connectivity index (χ1v) is 7.92. The maximum absolute atomic E-state index is 12.2. The zero-order valence-electron chi connectivity index (χ0n) is 14.2. The van der Waals surface area contributed by atoms with E-state index in [4.69, 9.17) is 14.6 Å². The number of rotatable bonds is 8. The van der Waals surface area contributed by atoms with Crippen molar-refractivity contribution in [3.63, 3.8) is 0 Å². The quantitative estimate of drug-likeness (QED) is 0.770. The summed E-state index contributed by atoms with van der Waals surface area (Å²) in [6, 6.07) is 13.9. The topological polar surface area (TPSA) is 84.9 Å². The number of ether oxygens (including phenoxy) is 2. The molecule has 0 unspecified atom stereocenters. The average Bonchev–Trinajstić information content (AvgIpc) is 2.59. The SMILES string of the molecule is CC(C)Oc1ccc(CNC(=O)c2cccc(OCC(=O)O)c2)cc1. The lowest BCUT2D eigenvalue weighted by Gasteiger charge is -2.11. The Kier molecular flexibility index (Phi) is 6.39. The molecule has 6 heteroatoms. The standard InChI is InChI=1S/C19H21NO5/c1-13(2)25-16-8-6-14(7-9-16)11-20-19(23)15-4-3-5-17(10-15)24-12-18(21)22/h3-10,13H,11-12H2,1-2H3,(H,20,23)(H,21,22). The van der Waals surface area contributed by atoms with Gasteiger partial charge in [-0.15, -0.1) is 0 Å². The van der Waals surface area contributed by atoms with Gasteiger partial charge in [0.05, 0.1) is 6.10 Å². The van der Waals surface area contributed by atoms with Gasteiger partial charge in [0.1, 0.15) is 11.5 Å². The van der Waals surface area contributed by atoms with E-state index in [1.165, 1.54) is 6.07 Å². The van der Waals surface area contributed by atoms with E-state index in [-0.39, 0.29) is 12.0 Å². The van der Waals surface area contributed by atoms with Gasteiger partial charge in [0.25, 0.3) is 5.91 Å². The molecule has 2 aromatic rings. The number of hydrogen-bond donors (Lipinski definition) is 2. The van der Waals surface area contributed by atoms with Crippen LogP contribution >= 0.6 is 0 Å². The number of carboxylic acid groups (broad SMARTS) is 1. The van der Waals surface area contributed by atoms with Crippen molar-refractivity contribution in [3.05, 3.63) is 59.7 Å². The molecular weight excluding hydrogens is 322 g/mol. The van der Waals surface area contributed by atoms with Crippen LogP contribution < -0.4 is 14.8 Å². The highest BCUT2D eigenvalue weighted by molar-refractivity contribution is 5.94. The van der Waals surface area contributed by atoms with E-state index in [1.54, 1.807) is 18.2 Å². The van der Waals surface area contributed by atoms with Gasteiger partial charge < -0.3 is 19.9 Å². The average molecular weight is 343 g/mol. The molecule has 0 atom stereocenters. The molecule has 2 N–H and O–H groups in total. The van der Waals surface area contributed by atoms with Crippen LogP contribution in [0.15, 0.2) is 48.5 Å². The van der Waals surface area contributed by atoms with Crippen LogP contribution in [0.2, 0.25) is 0 Å². The molecule has 0 aromatic heterocycles. The highest BCUT2D eigenvalue weighted by atomic mass is 16.5. The van der Waals surface area contributed by atoms with E-state index in [0.29, 0.717) is 17.9 Å². The predicted molar refractivity (Wildman–Crippen MR) is 92.9 cm³/mol. The summed E-state index contributed by atoms with van der Waals surface area (Å²) < 4.78 is 10.6. The minimum Gasteiger partial charge on any atom is -0.491 e. The number of carbonyl (C=O) groups excluding carboxylic acids is 1. The van der Waals surface area contributed by atoms with E-state index in [0.717, 1.165) is 11.3 Å². The molecule has 1 amide bonds. The molecular formula is C19H21NO5. The van der Waals surface area contributed by atoms with E-state index in [2.05, 4.69) is 5.32 Å². The summed E-state index contributed by atoms with van der Waals surface area (Å²) in [5.74, 6) is -0.207. The first-order valence-electron chi connectivity index (χ1n) is 7.92. The summed E-state index contributed by atoms with van der Waals surface area (Å²) in [4.78, 5) is 22.7. The number of carboxylic acids is 1. The van der Waals surface area contributed by atoms with Crippen molar-refractivity contribution >= 4 is 11.9 Å². The Balaban J connectivity index is 1.91. The van der Waals surface area contributed by atoms with Crippen molar-refractivity contribution in [3.8, 4) is 11.5 Å². The number of carbonyl (C=O) groups is 2. The van der Waals surface area contributed by atoms with Gasteiger partial charge in [-0.25, -0.2) is 4.79 Å². The Morgan fingerprint density at radius 3 is 2.44 bits per heavy atom. The monoisotopic (exact) mass is 343 g/mol. The lowest BCUT2D eigenvalue weighted by Crippen LogP contribution is -2.22. The molecule has 0 radical (unpaired) electrons. The fraction of sp³-hybridized carbons (Fsp3) is 0.263. The van der Waals surface area contributed by atoms with Crippen LogP contribution in [-0.4, -0.2) is 29.7 Å². The molecule has 2 aromatic carbocycles. The predicted octanol–water partition coefficient (Wildman–Crippen LogP) is 2.87. The molecule has 0 saturated carbocycles. The van der Waals surface area contributed by atoms with E-state index >= 15 is 0 Å². The fourth-order valence-corrected chi connectivity index (χ4v) is 2.11. The maximum Gasteiger partial charge on any atom is 0.341 e. The van der Waals surface area contributed by atoms with Crippen LogP contribution in [0.5, 0.6) is 11.5 Å². The summed E-state index contributed by atoms with van der Waals surface area (Å²) >= 11 is 0. The third kappa shape index (κ3) is 6.18. The lowest BCUT2D eigenvalue weighted by atomic mass is 10.2. The second-order valence-corrected chi connectivity index (χ2v) is 5.70. The van der Waals surface area contributed by atoms with E-state index in [9.17, 15) is 9.59 Å². The fourth-order valence-electron chi connectivity index (χ4n) is 2.11. The molecule has 6 nitrogen and oxygen atoms in total. The molecule has 0 aliphatic heterocycles. The molecule has 0 saturated heterocycles. The maximum atomic E-state index is 12.2. The highest BCUT2D eigenvalue weighted by Gasteiger charge is 2.08. The first-order chi connectivity index (χ1) is 11.9. The Morgan fingerprint density at radius 1 is 1.08 bits per heavy atom. The summed E-state index contributed by atoms with van der Waals surface area (Å²) in [6.07, 6.45) is 0.112. The molecule has 0 aliphatic rings. The van der Waals surface area contributed by atoms with Crippen molar-refractivity contribution < 1.29 is 24.2 Å². The van der Waals surface area contributed by atoms with Crippen LogP contribution in [-0.2, 0) is 11.3 Å². The lowest BCUT2D eigenvalue weighted by molar-refractivity contribution is -0.139. The minimum atomic E-state index is -1.07. The minimum absolute atomic E-state index is 0.112. The molecule has 0 spiro atoms. The molecule has 2 rings (SSSR count). The second kappa shape index (κ2) is 8.73. The van der Waals surface area contributed by atoms with Gasteiger partial charge in [-0.3, -0.25) is 4.79 Å². The summed E-state index contributed by atoms with van der Waals surface area (Å²) in [5, 5.41) is 11.4. The molecule has 0 heterocycles. The number of hydrogen-bond acceptors (Lipinski definition) is 4. The van der Waals surface area contributed by atoms with E-state index < -0.39 is 12.6 Å². The van der Waals surface area contributed by atoms with Gasteiger partial charge in [0.2, 0.25) is 0 Å². The van der Waals surface area contributed by atoms with E-state index in [1.807, 2.05) is 38.1 Å². The largest absolute Gasteiger partial charge is 0.491 e. The van der Waals surface area contributed by atoms with Crippen molar-refractivity contribution in [1.29, 1.82) is 0 Å². The molecule has 0 fully saturated rings. The molecule has 25 heavy (non-hydrogen) atoms. The third-order valence-electron chi connectivity index (χ3n) is 3.21. The Hall–Kier alpha value is -3.02. The number of nitrogens with one attached hydrogen (secondary N) is 1. The smallest absolute Gasteiger partial charge is 0.341 e. The van der Waals surface area contributed by atoms with Crippen LogP contribution in [0.4, 0.5) is 0 Å². The van der Waals surface area contributed by atoms with Gasteiger partial charge in [-0.2, -0.15) is 0 Å². The molecule has 132 valence electrons. The summed E-state index contributed by atoms with van der Waals surface area (Å²) in [5.41, 5.74) is 1.35. The van der Waals surface area contributed by atoms with Crippen molar-refractivity contribution in [2.24, 2.45) is 0 Å². The highest BCUT2D eigenvalue weighted by Crippen LogP contribution is 2.15. The van der Waals surface area contributed by atoms with Gasteiger partial charge >= 0.3 is 5.97 Å². The number of aliphatic carboxylic acids is 1. The normalized spacial score (nSPS) is 10.4. The molecule has 0 bridgehead atoms. The number of amides is 1. The zero-order chi connectivity index (χ0) is 18.2. The van der Waals surface area contributed by atoms with Gasteiger partial charge in [-0.05, 0) is 49.7 Å². The van der Waals surface area contributed by atoms with Crippen molar-refractivity contribution in [2.45, 2.75) is 26.5 Å². The summed E-state index contributed by atoms with van der Waals surface area (Å²) in [6.45, 7) is 3.85. The van der Waals surface area contributed by atoms with Gasteiger partial charge in [0.15, 0.2) is 6.61 Å². The first kappa shape index (κ1) is 18.3. The van der Waals surface area contributed by atoms with Crippen LogP contribution in [0.25, 0.3) is 0 Å². The van der Waals surface area contributed by atoms with Gasteiger partial charge in [-0.1, -0.05) is 18.2 Å². The Morgan fingerprint density at radius 2 is 1.80 bits per heavy atom. The zero-order valence-corrected chi connectivity index (χ0v) is 14.2. The third-order valence-corrected chi connectivity index (χ3v) is 3.21. The Labute approximate surface area is 146 Å². The van der Waals surface area contributed by atoms with Crippen LogP contribution in [0, 0.1) is 0 Å². The van der Waals surface area contributed by atoms with Crippen molar-refractivity contribution in [1.82, 2.24) is 5.32 Å². The van der Waals surface area contributed by atoms with Crippen LogP contribution in [0.1, 0.15) is 29.8 Å². The van der Waals surface area contributed by atoms with Crippen LogP contribution in [0.3, 0.4) is 0 Å². The van der Waals surface area contributed by atoms with Crippen molar-refractivity contribution in [2.75, 3.05) is 6.61 Å². The van der Waals surface area contributed by atoms with Gasteiger partial charge in [0, 0.05) is 12.1 Å². The second-order valence-electron chi connectivity index (χ2n) is 5.70. The molecule has 0 aliphatic carbocycles.